The molecule has 1 heterocycles. The van der Waals surface area contributed by atoms with E-state index in [-0.39, 0.29) is 19.1 Å². The Bertz CT molecular complexity index is 1070. The van der Waals surface area contributed by atoms with Gasteiger partial charge in [-0.15, -0.1) is 13.2 Å². The summed E-state index contributed by atoms with van der Waals surface area (Å²) in [6.45, 7) is 12.2. The topological polar surface area (TPSA) is 95.1 Å². The lowest BCUT2D eigenvalue weighted by atomic mass is 10.0. The summed E-state index contributed by atoms with van der Waals surface area (Å²) in [4.78, 5) is 50.1. The predicted octanol–water partition coefficient (Wildman–Crippen LogP) is 1.04. The molecule has 0 unspecified atom stereocenters. The maximum Gasteiger partial charge on any atom is 0.337 e. The summed E-state index contributed by atoms with van der Waals surface area (Å²) in [5.74, 6) is -0.510. The van der Waals surface area contributed by atoms with Crippen molar-refractivity contribution in [3.05, 3.63) is 91.7 Å². The van der Waals surface area contributed by atoms with Crippen LogP contribution < -0.4 is 22.4 Å². The first-order valence-electron chi connectivity index (χ1n) is 9.24. The van der Waals surface area contributed by atoms with Gasteiger partial charge >= 0.3 is 17.1 Å². The molecule has 154 valence electrons. The van der Waals surface area contributed by atoms with Gasteiger partial charge in [-0.25, -0.2) is 28.1 Å². The first kappa shape index (κ1) is 21.9. The fourth-order valence-electron chi connectivity index (χ4n) is 2.94. The van der Waals surface area contributed by atoms with E-state index in [9.17, 15) is 19.2 Å². The number of nitrogens with one attached hydrogen (secondary N) is 1. The Hall–Kier alpha value is -3.42. The van der Waals surface area contributed by atoms with Crippen LogP contribution in [-0.2, 0) is 24.4 Å². The summed E-state index contributed by atoms with van der Waals surface area (Å²) in [5.41, 5.74) is 0.688. The summed E-state index contributed by atoms with van der Waals surface area (Å²) in [6, 6.07) is 5.55. The summed E-state index contributed by atoms with van der Waals surface area (Å²) in [5, 5.41) is 2.79. The highest BCUT2D eigenvalue weighted by Crippen LogP contribution is 2.16. The first-order valence-corrected chi connectivity index (χ1v) is 9.24. The van der Waals surface area contributed by atoms with Gasteiger partial charge in [0.25, 0.3) is 0 Å². The number of benzene rings is 1. The zero-order valence-corrected chi connectivity index (χ0v) is 17.0. The van der Waals surface area contributed by atoms with Crippen molar-refractivity contribution in [1.82, 2.24) is 19.0 Å². The van der Waals surface area contributed by atoms with Crippen molar-refractivity contribution >= 4 is 5.91 Å². The number of carbonyl (C=O) groups excluding carboxylic acids is 1. The van der Waals surface area contributed by atoms with Crippen molar-refractivity contribution < 1.29 is 4.79 Å². The second kappa shape index (κ2) is 9.18. The Morgan fingerprint density at radius 1 is 0.966 bits per heavy atom. The average Bonchev–Trinajstić information content (AvgIpc) is 2.68. The number of aromatic nitrogens is 3. The molecule has 0 aliphatic rings. The van der Waals surface area contributed by atoms with Gasteiger partial charge in [0.05, 0.1) is 19.1 Å². The number of nitrogens with zero attached hydrogens (tertiary/aromatic N) is 3. The molecule has 0 saturated heterocycles. The molecule has 2 aromatic rings. The molecular weight excluding hydrogens is 372 g/mol. The Kier molecular flexibility index (Phi) is 6.93. The van der Waals surface area contributed by atoms with Crippen molar-refractivity contribution in [3.63, 3.8) is 0 Å². The van der Waals surface area contributed by atoms with Crippen molar-refractivity contribution in [2.45, 2.75) is 46.4 Å². The molecule has 2 rings (SSSR count). The van der Waals surface area contributed by atoms with Crippen LogP contribution in [0.15, 0.2) is 57.9 Å². The molecule has 1 amide bonds. The highest BCUT2D eigenvalue weighted by Gasteiger charge is 2.18. The Morgan fingerprint density at radius 2 is 1.48 bits per heavy atom. The zero-order chi connectivity index (χ0) is 21.7. The standard InChI is InChI=1S/C21H26N4O4/c1-6-10-23-19(27)24(11-7-2)21(29)25(20(23)28)13-18(26)22-16(5)17-9-8-14(3)15(4)12-17/h6-9,12,16H,1-2,10-11,13H2,3-5H3,(H,22,26)/t16-/m1/s1. The normalized spacial score (nSPS) is 11.7. The van der Waals surface area contributed by atoms with E-state index in [1.54, 1.807) is 0 Å². The molecule has 0 saturated carbocycles. The lowest BCUT2D eigenvalue weighted by Gasteiger charge is -2.17. The monoisotopic (exact) mass is 398 g/mol. The minimum Gasteiger partial charge on any atom is -0.348 e. The van der Waals surface area contributed by atoms with Gasteiger partial charge in [0.1, 0.15) is 6.54 Å². The summed E-state index contributed by atoms with van der Waals surface area (Å²) < 4.78 is 2.47. The van der Waals surface area contributed by atoms with Crippen LogP contribution >= 0.6 is 0 Å². The van der Waals surface area contributed by atoms with Crippen molar-refractivity contribution in [1.29, 1.82) is 0 Å². The number of allylic oxidation sites excluding steroid dienone is 2. The number of amides is 1. The molecule has 0 aliphatic heterocycles. The number of rotatable bonds is 8. The molecule has 8 heteroatoms. The summed E-state index contributed by atoms with van der Waals surface area (Å²) in [7, 11) is 0. The fraction of sp³-hybridized carbons (Fsp3) is 0.333. The van der Waals surface area contributed by atoms with Gasteiger partial charge in [0.15, 0.2) is 0 Å². The van der Waals surface area contributed by atoms with Crippen molar-refractivity contribution in [3.8, 4) is 0 Å². The van der Waals surface area contributed by atoms with E-state index in [0.717, 1.165) is 30.4 Å². The molecule has 0 aliphatic carbocycles. The van der Waals surface area contributed by atoms with E-state index >= 15 is 0 Å². The van der Waals surface area contributed by atoms with Gasteiger partial charge in [-0.05, 0) is 37.5 Å². The molecule has 8 nitrogen and oxygen atoms in total. The zero-order valence-electron chi connectivity index (χ0n) is 17.0. The Morgan fingerprint density at radius 3 is 1.97 bits per heavy atom. The number of hydrogen-bond donors (Lipinski definition) is 1. The predicted molar refractivity (Wildman–Crippen MR) is 112 cm³/mol. The minimum absolute atomic E-state index is 0.0737. The van der Waals surface area contributed by atoms with Gasteiger partial charge in [-0.2, -0.15) is 0 Å². The molecule has 0 radical (unpaired) electrons. The molecule has 0 fully saturated rings. The van der Waals surface area contributed by atoms with Gasteiger partial charge in [0.2, 0.25) is 5.91 Å². The molecular formula is C21H26N4O4. The summed E-state index contributed by atoms with van der Waals surface area (Å²) in [6.07, 6.45) is 2.75. The quantitative estimate of drug-likeness (QED) is 0.672. The van der Waals surface area contributed by atoms with Crippen LogP contribution in [0.3, 0.4) is 0 Å². The van der Waals surface area contributed by atoms with Gasteiger partial charge in [-0.3, -0.25) is 4.79 Å². The van der Waals surface area contributed by atoms with Crippen molar-refractivity contribution in [2.75, 3.05) is 0 Å². The average molecular weight is 398 g/mol. The highest BCUT2D eigenvalue weighted by atomic mass is 16.2. The van der Waals surface area contributed by atoms with Crippen LogP contribution in [0.25, 0.3) is 0 Å². The molecule has 29 heavy (non-hydrogen) atoms. The molecule has 1 N–H and O–H groups in total. The van der Waals surface area contributed by atoms with Gasteiger partial charge in [0, 0.05) is 0 Å². The van der Waals surface area contributed by atoms with Crippen LogP contribution in [-0.4, -0.2) is 19.6 Å². The largest absolute Gasteiger partial charge is 0.348 e. The third-order valence-electron chi connectivity index (χ3n) is 4.72. The van der Waals surface area contributed by atoms with E-state index in [1.807, 2.05) is 39.0 Å². The second-order valence-corrected chi connectivity index (χ2v) is 6.87. The molecule has 0 bridgehead atoms. The molecule has 0 spiro atoms. The van der Waals surface area contributed by atoms with Crippen LogP contribution in [0.1, 0.15) is 29.7 Å². The van der Waals surface area contributed by atoms with Crippen molar-refractivity contribution in [2.24, 2.45) is 0 Å². The molecule has 1 aromatic carbocycles. The van der Waals surface area contributed by atoms with E-state index < -0.39 is 29.5 Å². The number of carbonyl (C=O) groups is 1. The molecule has 1 aromatic heterocycles. The van der Waals surface area contributed by atoms with E-state index in [0.29, 0.717) is 0 Å². The van der Waals surface area contributed by atoms with Gasteiger partial charge in [-0.1, -0.05) is 30.4 Å². The van der Waals surface area contributed by atoms with Crippen LogP contribution in [0.2, 0.25) is 0 Å². The number of aryl methyl sites for hydroxylation is 2. The maximum atomic E-state index is 12.6. The Labute approximate surface area is 168 Å². The first-order chi connectivity index (χ1) is 13.7. The highest BCUT2D eigenvalue weighted by molar-refractivity contribution is 5.76. The fourth-order valence-corrected chi connectivity index (χ4v) is 2.94. The minimum atomic E-state index is -0.853. The SMILES string of the molecule is C=CCn1c(=O)n(CC=C)c(=O)n(CC(=O)N[C@H](C)c2ccc(C)c(C)c2)c1=O. The third kappa shape index (κ3) is 4.71. The lowest BCUT2D eigenvalue weighted by molar-refractivity contribution is -0.122. The van der Waals surface area contributed by atoms with E-state index in [2.05, 4.69) is 18.5 Å². The van der Waals surface area contributed by atoms with Gasteiger partial charge < -0.3 is 5.32 Å². The molecule has 1 atom stereocenters. The van der Waals surface area contributed by atoms with E-state index in [4.69, 9.17) is 0 Å². The number of hydrogen-bond acceptors (Lipinski definition) is 4. The van der Waals surface area contributed by atoms with Crippen LogP contribution in [0.4, 0.5) is 0 Å². The second-order valence-electron chi connectivity index (χ2n) is 6.87. The smallest absolute Gasteiger partial charge is 0.337 e. The van der Waals surface area contributed by atoms with Crippen LogP contribution in [0.5, 0.6) is 0 Å². The summed E-state index contributed by atoms with van der Waals surface area (Å²) >= 11 is 0. The van der Waals surface area contributed by atoms with Crippen LogP contribution in [0, 0.1) is 13.8 Å². The lowest BCUT2D eigenvalue weighted by Crippen LogP contribution is -2.55. The Balaban J connectivity index is 2.36. The van der Waals surface area contributed by atoms with E-state index in [1.165, 1.54) is 12.2 Å². The third-order valence-corrected chi connectivity index (χ3v) is 4.72. The maximum absolute atomic E-state index is 12.6.